The molecule has 0 aliphatic heterocycles. The molecule has 0 aliphatic rings. The highest BCUT2D eigenvalue weighted by molar-refractivity contribution is 7.88. The van der Waals surface area contributed by atoms with Gasteiger partial charge < -0.3 is 5.11 Å². The molecule has 0 saturated heterocycles. The minimum absolute atomic E-state index is 0.234. The van der Waals surface area contributed by atoms with Crippen LogP contribution in [0.1, 0.15) is 5.56 Å². The number of azide groups is 1. The van der Waals surface area contributed by atoms with Crippen LogP contribution >= 0.6 is 11.3 Å². The van der Waals surface area contributed by atoms with Gasteiger partial charge in [-0.15, -0.1) is 11.3 Å². The predicted octanol–water partition coefficient (Wildman–Crippen LogP) is 2.30. The number of rotatable bonds is 5. The van der Waals surface area contributed by atoms with Gasteiger partial charge in [0.1, 0.15) is 5.75 Å². The first-order chi connectivity index (χ1) is 9.10. The first kappa shape index (κ1) is 13.5. The van der Waals surface area contributed by atoms with Gasteiger partial charge in [0, 0.05) is 4.91 Å². The van der Waals surface area contributed by atoms with Gasteiger partial charge in [0.15, 0.2) is 4.34 Å². The van der Waals surface area contributed by atoms with E-state index in [1.165, 1.54) is 11.3 Å². The van der Waals surface area contributed by atoms with E-state index in [-0.39, 0.29) is 6.54 Å². The van der Waals surface area contributed by atoms with E-state index in [2.05, 4.69) is 15.0 Å². The Balaban J connectivity index is 2.32. The fourth-order valence-corrected chi connectivity index (χ4v) is 3.56. The maximum atomic E-state index is 11.7. The van der Waals surface area contributed by atoms with Crippen molar-refractivity contribution in [1.29, 1.82) is 0 Å². The Bertz CT molecular complexity index is 706. The molecule has 0 saturated carbocycles. The summed E-state index contributed by atoms with van der Waals surface area (Å²) in [6, 6.07) is 5.29. The summed E-state index contributed by atoms with van der Waals surface area (Å²) in [5.74, 6) is -1.58. The van der Waals surface area contributed by atoms with Crippen LogP contribution in [0.3, 0.4) is 0 Å². The lowest BCUT2D eigenvalue weighted by molar-refractivity contribution is -0.133. The molecule has 1 atom stereocenters. The van der Waals surface area contributed by atoms with Crippen molar-refractivity contribution >= 4 is 38.3 Å². The molecule has 0 aliphatic carbocycles. The number of carboxylic acids is 1. The maximum absolute atomic E-state index is 11.7. The molecular weight excluding hydrogens is 288 g/mol. The molecule has 98 valence electrons. The van der Waals surface area contributed by atoms with Gasteiger partial charge in [-0.25, -0.2) is 4.98 Å². The molecule has 0 amide bonds. The zero-order valence-electron chi connectivity index (χ0n) is 9.52. The van der Waals surface area contributed by atoms with E-state index < -0.39 is 22.5 Å². The van der Waals surface area contributed by atoms with Gasteiger partial charge in [-0.3, -0.25) is 9.00 Å². The standard InChI is InChI=1S/C10H8N4O3S2/c11-14-12-4-6-1-2-7-8(3-6)18-10(13-7)19(17)5-9(15)16/h1-3H,4-5H2,(H,15,16). The summed E-state index contributed by atoms with van der Waals surface area (Å²) in [6.45, 7) is 0.234. The normalized spacial score (nSPS) is 12.0. The van der Waals surface area contributed by atoms with Gasteiger partial charge in [0.05, 0.1) is 27.6 Å². The molecule has 2 rings (SSSR count). The Morgan fingerprint density at radius 2 is 2.37 bits per heavy atom. The molecule has 7 nitrogen and oxygen atoms in total. The van der Waals surface area contributed by atoms with E-state index in [4.69, 9.17) is 10.6 Å². The molecule has 0 fully saturated rings. The van der Waals surface area contributed by atoms with Crippen molar-refractivity contribution < 1.29 is 14.1 Å². The van der Waals surface area contributed by atoms with Crippen molar-refractivity contribution in [3.8, 4) is 0 Å². The lowest BCUT2D eigenvalue weighted by Crippen LogP contribution is -2.08. The highest BCUT2D eigenvalue weighted by atomic mass is 32.2. The van der Waals surface area contributed by atoms with Crippen molar-refractivity contribution in [2.24, 2.45) is 5.11 Å². The summed E-state index contributed by atoms with van der Waals surface area (Å²) >= 11 is 1.19. The lowest BCUT2D eigenvalue weighted by atomic mass is 10.2. The summed E-state index contributed by atoms with van der Waals surface area (Å²) in [6.07, 6.45) is 0. The Morgan fingerprint density at radius 1 is 1.58 bits per heavy atom. The van der Waals surface area contributed by atoms with Crippen LogP contribution in [0.5, 0.6) is 0 Å². The topological polar surface area (TPSA) is 116 Å². The van der Waals surface area contributed by atoms with Crippen molar-refractivity contribution in [2.45, 2.75) is 10.9 Å². The van der Waals surface area contributed by atoms with Crippen LogP contribution in [0.15, 0.2) is 27.7 Å². The zero-order valence-corrected chi connectivity index (χ0v) is 11.1. The summed E-state index contributed by atoms with van der Waals surface area (Å²) < 4.78 is 12.8. The van der Waals surface area contributed by atoms with Crippen molar-refractivity contribution in [3.05, 3.63) is 34.2 Å². The molecule has 0 spiro atoms. The minimum Gasteiger partial charge on any atom is -0.481 e. The maximum Gasteiger partial charge on any atom is 0.316 e. The number of benzene rings is 1. The molecule has 0 radical (unpaired) electrons. The molecule has 2 aromatic rings. The van der Waals surface area contributed by atoms with Gasteiger partial charge in [-0.05, 0) is 23.2 Å². The molecule has 9 heteroatoms. The second-order valence-electron chi connectivity index (χ2n) is 3.55. The van der Waals surface area contributed by atoms with Crippen molar-refractivity contribution in [2.75, 3.05) is 5.75 Å². The van der Waals surface area contributed by atoms with E-state index in [0.29, 0.717) is 9.86 Å². The Labute approximate surface area is 114 Å². The third-order valence-corrected chi connectivity index (χ3v) is 4.81. The number of hydrogen-bond acceptors (Lipinski definition) is 5. The van der Waals surface area contributed by atoms with Gasteiger partial charge in [0.25, 0.3) is 0 Å². The quantitative estimate of drug-likeness (QED) is 0.517. The van der Waals surface area contributed by atoms with Gasteiger partial charge >= 0.3 is 5.97 Å². The molecule has 19 heavy (non-hydrogen) atoms. The summed E-state index contributed by atoms with van der Waals surface area (Å²) in [7, 11) is -1.63. The van der Waals surface area contributed by atoms with Gasteiger partial charge in [-0.2, -0.15) is 0 Å². The Kier molecular flexibility index (Phi) is 4.10. The molecule has 0 bridgehead atoms. The zero-order chi connectivity index (χ0) is 13.8. The van der Waals surface area contributed by atoms with Crippen LogP contribution in [-0.2, 0) is 22.1 Å². The molecule has 1 N–H and O–H groups in total. The highest BCUT2D eigenvalue weighted by Gasteiger charge is 2.14. The van der Waals surface area contributed by atoms with E-state index in [9.17, 15) is 9.00 Å². The number of carboxylic acid groups (broad SMARTS) is 1. The van der Waals surface area contributed by atoms with Crippen LogP contribution in [0, 0.1) is 0 Å². The molecular formula is C10H8N4O3S2. The number of nitrogens with zero attached hydrogens (tertiary/aromatic N) is 4. The SMILES string of the molecule is [N-]=[N+]=NCc1ccc2nc(S(=O)CC(=O)O)sc2c1. The van der Waals surface area contributed by atoms with Crippen LogP contribution in [0.4, 0.5) is 0 Å². The van der Waals surface area contributed by atoms with Crippen LogP contribution in [0.25, 0.3) is 20.7 Å². The van der Waals surface area contributed by atoms with E-state index in [0.717, 1.165) is 10.3 Å². The van der Waals surface area contributed by atoms with E-state index >= 15 is 0 Å². The summed E-state index contributed by atoms with van der Waals surface area (Å²) in [5.41, 5.74) is 9.73. The Hall–Kier alpha value is -1.96. The number of thiazole rings is 1. The lowest BCUT2D eigenvalue weighted by Gasteiger charge is -1.93. The summed E-state index contributed by atoms with van der Waals surface area (Å²) in [4.78, 5) is 17.3. The smallest absolute Gasteiger partial charge is 0.316 e. The monoisotopic (exact) mass is 296 g/mol. The fourth-order valence-electron chi connectivity index (χ4n) is 1.43. The molecule has 1 heterocycles. The van der Waals surface area contributed by atoms with Crippen LogP contribution in [0.2, 0.25) is 0 Å². The molecule has 1 aromatic heterocycles. The largest absolute Gasteiger partial charge is 0.481 e. The first-order valence-electron chi connectivity index (χ1n) is 5.10. The second-order valence-corrected chi connectivity index (χ2v) is 6.21. The van der Waals surface area contributed by atoms with Crippen molar-refractivity contribution in [3.63, 3.8) is 0 Å². The first-order valence-corrected chi connectivity index (χ1v) is 7.24. The van der Waals surface area contributed by atoms with Crippen molar-refractivity contribution in [1.82, 2.24) is 4.98 Å². The third kappa shape index (κ3) is 3.28. The van der Waals surface area contributed by atoms with E-state index in [1.807, 2.05) is 0 Å². The second kappa shape index (κ2) is 5.79. The average Bonchev–Trinajstić information content (AvgIpc) is 2.78. The van der Waals surface area contributed by atoms with Crippen LogP contribution < -0.4 is 0 Å². The molecule has 1 unspecified atom stereocenters. The van der Waals surface area contributed by atoms with Gasteiger partial charge in [0.2, 0.25) is 0 Å². The van der Waals surface area contributed by atoms with Crippen LogP contribution in [-0.4, -0.2) is 26.0 Å². The number of hydrogen-bond donors (Lipinski definition) is 1. The number of carbonyl (C=O) groups is 1. The highest BCUT2D eigenvalue weighted by Crippen LogP contribution is 2.25. The predicted molar refractivity (Wildman–Crippen MR) is 71.4 cm³/mol. The molecule has 1 aromatic carbocycles. The number of aliphatic carboxylic acids is 1. The Morgan fingerprint density at radius 3 is 3.05 bits per heavy atom. The van der Waals surface area contributed by atoms with E-state index in [1.54, 1.807) is 18.2 Å². The average molecular weight is 296 g/mol. The third-order valence-electron chi connectivity index (χ3n) is 2.20. The minimum atomic E-state index is -1.63. The number of aromatic nitrogens is 1. The summed E-state index contributed by atoms with van der Waals surface area (Å²) in [5, 5.41) is 12.1. The number of fused-ring (bicyclic) bond motifs is 1. The fraction of sp³-hybridized carbons (Fsp3) is 0.200. The van der Waals surface area contributed by atoms with Gasteiger partial charge in [-0.1, -0.05) is 11.2 Å².